The van der Waals surface area contributed by atoms with Crippen LogP contribution < -0.4 is 0 Å². The van der Waals surface area contributed by atoms with Crippen LogP contribution in [0.2, 0.25) is 0 Å². The number of nitrogens with zero attached hydrogens (tertiary/aromatic N) is 2. The van der Waals surface area contributed by atoms with Crippen molar-refractivity contribution in [1.82, 2.24) is 9.88 Å². The van der Waals surface area contributed by atoms with E-state index in [9.17, 15) is 4.79 Å². The number of ether oxygens (including phenoxy) is 1. The van der Waals surface area contributed by atoms with Crippen LogP contribution in [-0.2, 0) is 16.0 Å². The smallest absolute Gasteiger partial charge is 0.223 e. The third kappa shape index (κ3) is 2.98. The summed E-state index contributed by atoms with van der Waals surface area (Å²) in [6.07, 6.45) is 5.66. The van der Waals surface area contributed by atoms with Crippen LogP contribution in [-0.4, -0.2) is 41.1 Å². The van der Waals surface area contributed by atoms with Crippen LogP contribution in [0, 0.1) is 0 Å². The van der Waals surface area contributed by atoms with Gasteiger partial charge < -0.3 is 14.1 Å². The fourth-order valence-electron chi connectivity index (χ4n) is 3.80. The molecule has 2 fully saturated rings. The van der Waals surface area contributed by atoms with E-state index in [1.54, 1.807) is 0 Å². The Morgan fingerprint density at radius 2 is 2.22 bits per heavy atom. The van der Waals surface area contributed by atoms with Gasteiger partial charge in [0.15, 0.2) is 11.5 Å². The number of oxazole rings is 1. The molecule has 1 aliphatic carbocycles. The first kappa shape index (κ1) is 14.7. The van der Waals surface area contributed by atoms with Crippen molar-refractivity contribution >= 4 is 17.0 Å². The molecule has 0 N–H and O–H groups in total. The molecule has 1 aromatic heterocycles. The van der Waals surface area contributed by atoms with Gasteiger partial charge in [-0.3, -0.25) is 4.79 Å². The third-order valence-electron chi connectivity index (χ3n) is 4.92. The summed E-state index contributed by atoms with van der Waals surface area (Å²) in [5, 5.41) is 0. The standard InChI is InChI=1S/C18H22N2O3/c21-18(20-11-12-22-16-8-3-6-14(16)20)10-4-9-17-19-13-5-1-2-7-15(13)23-17/h1-2,5,7,14,16H,3-4,6,8-12H2/t14-,16+/m0/s1. The van der Waals surface area contributed by atoms with E-state index in [0.717, 1.165) is 42.8 Å². The minimum Gasteiger partial charge on any atom is -0.441 e. The van der Waals surface area contributed by atoms with Gasteiger partial charge in [-0.1, -0.05) is 12.1 Å². The van der Waals surface area contributed by atoms with Gasteiger partial charge in [0.05, 0.1) is 18.8 Å². The molecule has 0 unspecified atom stereocenters. The zero-order valence-electron chi connectivity index (χ0n) is 13.2. The maximum Gasteiger partial charge on any atom is 0.223 e. The zero-order chi connectivity index (χ0) is 15.6. The molecule has 1 amide bonds. The molecule has 2 aromatic rings. The lowest BCUT2D eigenvalue weighted by Crippen LogP contribution is -2.51. The second kappa shape index (κ2) is 6.32. The first-order valence-corrected chi connectivity index (χ1v) is 8.57. The van der Waals surface area contributed by atoms with Crippen LogP contribution in [0.4, 0.5) is 0 Å². The van der Waals surface area contributed by atoms with Crippen molar-refractivity contribution in [1.29, 1.82) is 0 Å². The van der Waals surface area contributed by atoms with Crippen molar-refractivity contribution in [3.8, 4) is 0 Å². The van der Waals surface area contributed by atoms with Crippen molar-refractivity contribution < 1.29 is 13.9 Å². The Labute approximate surface area is 135 Å². The molecule has 1 aliphatic heterocycles. The summed E-state index contributed by atoms with van der Waals surface area (Å²) in [5.74, 6) is 0.973. The van der Waals surface area contributed by atoms with E-state index in [1.807, 2.05) is 29.2 Å². The highest BCUT2D eigenvalue weighted by Crippen LogP contribution is 2.30. The lowest BCUT2D eigenvalue weighted by molar-refractivity contribution is -0.144. The number of para-hydroxylation sites is 2. The Morgan fingerprint density at radius 3 is 3.13 bits per heavy atom. The molecule has 2 aliphatic rings. The van der Waals surface area contributed by atoms with E-state index in [0.29, 0.717) is 25.5 Å². The molecule has 0 bridgehead atoms. The van der Waals surface area contributed by atoms with Gasteiger partial charge in [0.1, 0.15) is 5.52 Å². The largest absolute Gasteiger partial charge is 0.441 e. The molecule has 2 atom stereocenters. The third-order valence-corrected chi connectivity index (χ3v) is 4.92. The molecule has 5 nitrogen and oxygen atoms in total. The van der Waals surface area contributed by atoms with E-state index < -0.39 is 0 Å². The highest BCUT2D eigenvalue weighted by molar-refractivity contribution is 5.77. The number of hydrogen-bond acceptors (Lipinski definition) is 4. The number of morpholine rings is 1. The second-order valence-electron chi connectivity index (χ2n) is 6.42. The predicted molar refractivity (Wildman–Crippen MR) is 86.0 cm³/mol. The van der Waals surface area contributed by atoms with Gasteiger partial charge in [0, 0.05) is 19.4 Å². The van der Waals surface area contributed by atoms with Crippen LogP contribution in [0.3, 0.4) is 0 Å². The quantitative estimate of drug-likeness (QED) is 0.870. The van der Waals surface area contributed by atoms with Crippen molar-refractivity contribution in [3.63, 3.8) is 0 Å². The van der Waals surface area contributed by atoms with Crippen LogP contribution >= 0.6 is 0 Å². The molecule has 5 heteroatoms. The average Bonchev–Trinajstić information content (AvgIpc) is 3.20. The number of hydrogen-bond donors (Lipinski definition) is 0. The van der Waals surface area contributed by atoms with Crippen molar-refractivity contribution in [2.75, 3.05) is 13.2 Å². The second-order valence-corrected chi connectivity index (χ2v) is 6.42. The van der Waals surface area contributed by atoms with E-state index >= 15 is 0 Å². The lowest BCUT2D eigenvalue weighted by Gasteiger charge is -2.37. The average molecular weight is 314 g/mol. The Kier molecular flexibility index (Phi) is 4.04. The Morgan fingerprint density at radius 1 is 1.30 bits per heavy atom. The summed E-state index contributed by atoms with van der Waals surface area (Å²) in [6.45, 7) is 1.42. The number of carbonyl (C=O) groups is 1. The highest BCUT2D eigenvalue weighted by atomic mass is 16.5. The molecule has 1 aromatic carbocycles. The highest BCUT2D eigenvalue weighted by Gasteiger charge is 2.37. The minimum atomic E-state index is 0.251. The van der Waals surface area contributed by atoms with E-state index in [2.05, 4.69) is 4.98 Å². The van der Waals surface area contributed by atoms with Crippen LogP contribution in [0.25, 0.3) is 11.1 Å². The van der Waals surface area contributed by atoms with Gasteiger partial charge in [-0.25, -0.2) is 4.98 Å². The van der Waals surface area contributed by atoms with E-state index in [1.165, 1.54) is 6.42 Å². The summed E-state index contributed by atoms with van der Waals surface area (Å²) >= 11 is 0. The van der Waals surface area contributed by atoms with Crippen LogP contribution in [0.5, 0.6) is 0 Å². The maximum absolute atomic E-state index is 12.5. The number of aryl methyl sites for hydroxylation is 1. The molecule has 23 heavy (non-hydrogen) atoms. The van der Waals surface area contributed by atoms with Gasteiger partial charge in [0.25, 0.3) is 0 Å². The molecule has 0 radical (unpaired) electrons. The van der Waals surface area contributed by atoms with Gasteiger partial charge in [-0.05, 0) is 37.8 Å². The van der Waals surface area contributed by atoms with Gasteiger partial charge in [-0.15, -0.1) is 0 Å². The van der Waals surface area contributed by atoms with Gasteiger partial charge in [-0.2, -0.15) is 0 Å². The SMILES string of the molecule is O=C(CCCc1nc2ccccc2o1)N1CCO[C@@H]2CCC[C@@H]21. The first-order valence-electron chi connectivity index (χ1n) is 8.57. The van der Waals surface area contributed by atoms with E-state index in [-0.39, 0.29) is 12.0 Å². The van der Waals surface area contributed by atoms with Crippen molar-refractivity contribution in [3.05, 3.63) is 30.2 Å². The maximum atomic E-state index is 12.5. The van der Waals surface area contributed by atoms with Crippen LogP contribution in [0.15, 0.2) is 28.7 Å². The Balaban J connectivity index is 1.32. The topological polar surface area (TPSA) is 55.6 Å². The molecule has 1 saturated carbocycles. The molecule has 2 heterocycles. The number of amides is 1. The van der Waals surface area contributed by atoms with E-state index in [4.69, 9.17) is 9.15 Å². The molecule has 122 valence electrons. The number of benzene rings is 1. The van der Waals surface area contributed by atoms with Crippen LogP contribution in [0.1, 0.15) is 38.0 Å². The predicted octanol–water partition coefficient (Wildman–Crippen LogP) is 2.93. The summed E-state index contributed by atoms with van der Waals surface area (Å²) in [5.41, 5.74) is 1.70. The monoisotopic (exact) mass is 314 g/mol. The zero-order valence-corrected chi connectivity index (χ0v) is 13.2. The molecule has 0 spiro atoms. The fraction of sp³-hybridized carbons (Fsp3) is 0.556. The number of carbonyl (C=O) groups excluding carboxylic acids is 1. The molecular weight excluding hydrogens is 292 g/mol. The number of aromatic nitrogens is 1. The molecule has 1 saturated heterocycles. The number of fused-ring (bicyclic) bond motifs is 2. The Hall–Kier alpha value is -1.88. The fourth-order valence-corrected chi connectivity index (χ4v) is 3.80. The lowest BCUT2D eigenvalue weighted by atomic mass is 10.1. The molecule has 4 rings (SSSR count). The summed E-state index contributed by atoms with van der Waals surface area (Å²) in [7, 11) is 0. The minimum absolute atomic E-state index is 0.251. The first-order chi connectivity index (χ1) is 11.3. The summed E-state index contributed by atoms with van der Waals surface area (Å²) < 4.78 is 11.5. The summed E-state index contributed by atoms with van der Waals surface area (Å²) in [6, 6.07) is 8.07. The van der Waals surface area contributed by atoms with Gasteiger partial charge in [0.2, 0.25) is 5.91 Å². The number of rotatable bonds is 4. The van der Waals surface area contributed by atoms with Crippen molar-refractivity contribution in [2.24, 2.45) is 0 Å². The Bertz CT molecular complexity index is 663. The van der Waals surface area contributed by atoms with Crippen molar-refractivity contribution in [2.45, 2.75) is 50.7 Å². The molecular formula is C18H22N2O3. The summed E-state index contributed by atoms with van der Waals surface area (Å²) in [4.78, 5) is 19.0. The normalized spacial score (nSPS) is 24.1. The van der Waals surface area contributed by atoms with Gasteiger partial charge >= 0.3 is 0 Å².